The van der Waals surface area contributed by atoms with Crippen molar-refractivity contribution in [3.63, 3.8) is 0 Å². The third-order valence-electron chi connectivity index (χ3n) is 0.567. The molecule has 0 radical (unpaired) electrons. The van der Waals surface area contributed by atoms with Gasteiger partial charge < -0.3 is 0 Å². The zero-order chi connectivity index (χ0) is 5.21. The second kappa shape index (κ2) is 2.95. The summed E-state index contributed by atoms with van der Waals surface area (Å²) in [5, 5.41) is 0. The van der Waals surface area contributed by atoms with Crippen molar-refractivity contribution < 1.29 is 43.4 Å². The normalized spacial score (nSPS) is 12.0. The molecule has 0 saturated carbocycles. The SMILES string of the molecule is [CH3][Eu][Si](C)(C)C. The van der Waals surface area contributed by atoms with Gasteiger partial charge in [-0.1, -0.05) is 0 Å². The molecule has 0 aliphatic carbocycles. The molecule has 0 aromatic heterocycles. The number of rotatable bonds is 1. The van der Waals surface area contributed by atoms with Crippen molar-refractivity contribution >= 4 is 1.12 Å². The molecule has 0 nitrogen and oxygen atoms in total. The molecular formula is C4H12EuSi. The molecule has 0 rings (SSSR count). The fourth-order valence-corrected chi connectivity index (χ4v) is 0. The summed E-state index contributed by atoms with van der Waals surface area (Å²) < 4.78 is 1.94. The van der Waals surface area contributed by atoms with Crippen LogP contribution in [0, 0.1) is 43.4 Å². The average molecular weight is 240 g/mol. The average Bonchev–Trinajstić information content (AvgIpc) is 1.35. The van der Waals surface area contributed by atoms with Crippen LogP contribution >= 0.6 is 0 Å². The molecule has 2 heteroatoms. The van der Waals surface area contributed by atoms with Crippen LogP contribution in [-0.4, -0.2) is 1.12 Å². The van der Waals surface area contributed by atoms with Crippen molar-refractivity contribution in [2.24, 2.45) is 0 Å². The Morgan fingerprint density at radius 1 is 1.17 bits per heavy atom. The van der Waals surface area contributed by atoms with Gasteiger partial charge in [-0.15, -0.1) is 0 Å². The van der Waals surface area contributed by atoms with Gasteiger partial charge in [-0.05, 0) is 0 Å². The van der Waals surface area contributed by atoms with Gasteiger partial charge in [-0.3, -0.25) is 0 Å². The Bertz CT molecular complexity index is 37.3. The predicted molar refractivity (Wildman–Crippen MR) is 29.2 cm³/mol. The van der Waals surface area contributed by atoms with Crippen LogP contribution in [-0.2, 0) is 0 Å². The van der Waals surface area contributed by atoms with Crippen molar-refractivity contribution in [3.05, 3.63) is 0 Å². The Balaban J connectivity index is 3.17. The monoisotopic (exact) mass is 241 g/mol. The van der Waals surface area contributed by atoms with Gasteiger partial charge in [0.25, 0.3) is 0 Å². The van der Waals surface area contributed by atoms with Gasteiger partial charge in [-0.25, -0.2) is 0 Å². The number of hydrogen-bond acceptors (Lipinski definition) is 0. The van der Waals surface area contributed by atoms with E-state index in [-0.39, 0.29) is 43.4 Å². The Hall–Kier alpha value is 1.80. The molecular weight excluding hydrogens is 228 g/mol. The van der Waals surface area contributed by atoms with E-state index >= 15 is 0 Å². The van der Waals surface area contributed by atoms with Gasteiger partial charge in [0.05, 0.1) is 0 Å². The summed E-state index contributed by atoms with van der Waals surface area (Å²) in [6.07, 6.45) is 0. The van der Waals surface area contributed by atoms with Crippen molar-refractivity contribution in [2.75, 3.05) is 0 Å². The first-order valence-corrected chi connectivity index (χ1v) is 11.5. The fourth-order valence-electron chi connectivity index (χ4n) is 0. The van der Waals surface area contributed by atoms with Gasteiger partial charge in [0, 0.05) is 0 Å². The predicted octanol–water partition coefficient (Wildman–Crippen LogP) is 1.95. The minimum absolute atomic E-state index is 0.289. The standard InChI is InChI=1S/C3H9Si.CH3.Eu/c1-4(2)3;;/h1-3H3;1H3;. The van der Waals surface area contributed by atoms with Crippen LogP contribution in [0.4, 0.5) is 0 Å². The molecule has 0 spiro atoms. The van der Waals surface area contributed by atoms with E-state index in [2.05, 4.69) is 21.0 Å². The van der Waals surface area contributed by atoms with Crippen LogP contribution in [0.5, 0.6) is 0 Å². The zero-order valence-electron chi connectivity index (χ0n) is 4.88. The van der Waals surface area contributed by atoms with E-state index in [1.54, 1.807) is 0 Å². The summed E-state index contributed by atoms with van der Waals surface area (Å²) in [4.78, 5) is 0. The quantitative estimate of drug-likeness (QED) is 0.614. The van der Waals surface area contributed by atoms with Crippen molar-refractivity contribution in [2.45, 2.75) is 21.0 Å². The molecule has 39 valence electrons. The molecule has 0 aliphatic heterocycles. The van der Waals surface area contributed by atoms with Crippen molar-refractivity contribution in [1.29, 1.82) is 0 Å². The summed E-state index contributed by atoms with van der Waals surface area (Å²) in [6, 6.07) is 0. The molecule has 0 heterocycles. The third-order valence-corrected chi connectivity index (χ3v) is 12.6. The molecule has 0 saturated heterocycles. The molecule has 0 unspecified atom stereocenters. The molecule has 0 aromatic carbocycles. The fraction of sp³-hybridized carbons (Fsp3) is 1.00. The first-order chi connectivity index (χ1) is 2.56. The van der Waals surface area contributed by atoms with Crippen LogP contribution in [0.1, 0.15) is 0 Å². The second-order valence-electron chi connectivity index (χ2n) is 2.26. The van der Waals surface area contributed by atoms with Gasteiger partial charge in [0.1, 0.15) is 0 Å². The van der Waals surface area contributed by atoms with Crippen LogP contribution in [0.2, 0.25) is 21.0 Å². The van der Waals surface area contributed by atoms with E-state index in [1.165, 1.54) is 0 Å². The van der Waals surface area contributed by atoms with E-state index in [9.17, 15) is 0 Å². The summed E-state index contributed by atoms with van der Waals surface area (Å²) in [5.41, 5.74) is 0. The number of hydrogen-bond donors (Lipinski definition) is 0. The molecule has 0 atom stereocenters. The molecule has 0 amide bonds. The maximum atomic E-state index is 2.45. The van der Waals surface area contributed by atoms with E-state index in [4.69, 9.17) is 0 Å². The first-order valence-electron chi connectivity index (χ1n) is 2.07. The van der Waals surface area contributed by atoms with E-state index in [0.717, 1.165) is 0 Å². The van der Waals surface area contributed by atoms with Crippen molar-refractivity contribution in [3.8, 4) is 0 Å². The first kappa shape index (κ1) is 7.80. The van der Waals surface area contributed by atoms with Gasteiger partial charge in [-0.2, -0.15) is 0 Å². The zero-order valence-corrected chi connectivity index (χ0v) is 8.30. The van der Waals surface area contributed by atoms with Crippen LogP contribution in [0.15, 0.2) is 0 Å². The van der Waals surface area contributed by atoms with Gasteiger partial charge >= 0.3 is 65.5 Å². The minimum atomic E-state index is -0.478. The Kier molecular flexibility index (Phi) is 3.84. The van der Waals surface area contributed by atoms with E-state index in [0.29, 0.717) is 0 Å². The summed E-state index contributed by atoms with van der Waals surface area (Å²) in [5.74, 6) is 0. The van der Waals surface area contributed by atoms with E-state index in [1.807, 2.05) is 0 Å². The molecule has 0 aliphatic rings. The second-order valence-corrected chi connectivity index (χ2v) is 21.3. The third kappa shape index (κ3) is 5.80. The van der Waals surface area contributed by atoms with Crippen LogP contribution in [0.3, 0.4) is 0 Å². The molecule has 0 aromatic rings. The summed E-state index contributed by atoms with van der Waals surface area (Å²) in [6.45, 7) is 7.35. The van der Waals surface area contributed by atoms with Crippen LogP contribution < -0.4 is 0 Å². The maximum absolute atomic E-state index is 2.45. The van der Waals surface area contributed by atoms with Gasteiger partial charge in [0.2, 0.25) is 0 Å². The molecule has 0 N–H and O–H groups in total. The van der Waals surface area contributed by atoms with Gasteiger partial charge in [0.15, 0.2) is 0 Å². The van der Waals surface area contributed by atoms with Crippen LogP contribution in [0.25, 0.3) is 0 Å². The Morgan fingerprint density at radius 3 is 1.33 bits per heavy atom. The Labute approximate surface area is 64.1 Å². The molecule has 6 heavy (non-hydrogen) atoms. The summed E-state index contributed by atoms with van der Waals surface area (Å²) in [7, 11) is 0. The molecule has 0 fully saturated rings. The topological polar surface area (TPSA) is 0 Å². The van der Waals surface area contributed by atoms with E-state index < -0.39 is 1.12 Å². The van der Waals surface area contributed by atoms with Crippen molar-refractivity contribution in [1.82, 2.24) is 0 Å². The molecule has 0 bridgehead atoms. The Morgan fingerprint density at radius 2 is 1.33 bits per heavy atom. The summed E-state index contributed by atoms with van der Waals surface area (Å²) >= 11 is 0.289.